The fourth-order valence-corrected chi connectivity index (χ4v) is 11.1. The first-order valence-electron chi connectivity index (χ1n) is 15.9. The average molecular weight is 725 g/mol. The minimum atomic E-state index is -3.76. The predicted molar refractivity (Wildman–Crippen MR) is 208 cm³/mol. The van der Waals surface area contributed by atoms with Gasteiger partial charge in [0.1, 0.15) is 0 Å². The predicted octanol–water partition coefficient (Wildman–Crippen LogP) is 11.6. The minimum absolute atomic E-state index is 0.553. The van der Waals surface area contributed by atoms with Gasteiger partial charge in [0.2, 0.25) is 0 Å². The van der Waals surface area contributed by atoms with Gasteiger partial charge >= 0.3 is 297 Å². The van der Waals surface area contributed by atoms with E-state index < -0.39 is 24.7 Å². The average Bonchev–Trinajstić information content (AvgIpc) is 3.19. The van der Waals surface area contributed by atoms with Gasteiger partial charge in [0.05, 0.1) is 0 Å². The number of rotatable bonds is 15. The van der Waals surface area contributed by atoms with Crippen molar-refractivity contribution < 1.29 is 27.1 Å². The Morgan fingerprint density at radius 1 is 0.500 bits per heavy atom. The molecule has 2 unspecified atom stereocenters. The maximum absolute atomic E-state index is 6.60. The zero-order valence-corrected chi connectivity index (χ0v) is 30.8. The molecule has 0 aliphatic carbocycles. The first-order chi connectivity index (χ1) is 24.6. The molecule has 0 bridgehead atoms. The van der Waals surface area contributed by atoms with Gasteiger partial charge in [0, 0.05) is 0 Å². The number of hydrogen-bond donors (Lipinski definition) is 1. The van der Waals surface area contributed by atoms with Crippen LogP contribution in [0.15, 0.2) is 168 Å². The number of nitrogens with one attached hydrogen (secondary N) is 1. The summed E-state index contributed by atoms with van der Waals surface area (Å²) >= 11 is 0. The molecule has 11 heteroatoms. The Morgan fingerprint density at radius 2 is 0.900 bits per heavy atom. The van der Waals surface area contributed by atoms with Gasteiger partial charge in [-0.05, 0) is 0 Å². The van der Waals surface area contributed by atoms with Gasteiger partial charge in [-0.25, -0.2) is 0 Å². The molecule has 6 aromatic carbocycles. The third-order valence-corrected chi connectivity index (χ3v) is 13.9. The van der Waals surface area contributed by atoms with E-state index in [1.165, 1.54) is 0 Å². The van der Waals surface area contributed by atoms with Crippen molar-refractivity contribution in [1.29, 1.82) is 0 Å². The van der Waals surface area contributed by atoms with Crippen LogP contribution in [-0.2, 0) is 13.6 Å². The molecule has 50 heavy (non-hydrogen) atoms. The third-order valence-electron chi connectivity index (χ3n) is 7.62. The van der Waals surface area contributed by atoms with Crippen molar-refractivity contribution in [2.45, 2.75) is 0 Å². The van der Waals surface area contributed by atoms with Gasteiger partial charge in [-0.3, -0.25) is 0 Å². The Balaban J connectivity index is 1.26. The molecule has 0 saturated heterocycles. The van der Waals surface area contributed by atoms with Gasteiger partial charge in [-0.1, -0.05) is 0 Å². The van der Waals surface area contributed by atoms with Crippen molar-refractivity contribution in [2.24, 2.45) is 4.52 Å². The molecule has 0 saturated carbocycles. The SMILES string of the molecule is COP(N[PH](/N=[PH](/OC)Oc1ccc(-c2ccccc2)cc1)(OC)Oc1ccc(-c2ccccc2)cc1)Oc1ccc(-c2ccccc2)cc1. The van der Waals surface area contributed by atoms with Crippen LogP contribution >= 0.6 is 24.7 Å². The van der Waals surface area contributed by atoms with E-state index in [-0.39, 0.29) is 0 Å². The summed E-state index contributed by atoms with van der Waals surface area (Å²) in [5.41, 5.74) is 6.54. The van der Waals surface area contributed by atoms with Crippen LogP contribution in [0.25, 0.3) is 33.4 Å². The molecule has 2 atom stereocenters. The summed E-state index contributed by atoms with van der Waals surface area (Å²) < 4.78 is 41.9. The van der Waals surface area contributed by atoms with E-state index in [9.17, 15) is 0 Å². The van der Waals surface area contributed by atoms with Gasteiger partial charge in [0.15, 0.2) is 0 Å². The van der Waals surface area contributed by atoms with Crippen LogP contribution in [-0.4, -0.2) is 21.3 Å². The van der Waals surface area contributed by atoms with E-state index in [1.807, 2.05) is 127 Å². The molecular weight excluding hydrogens is 685 g/mol. The van der Waals surface area contributed by atoms with Crippen molar-refractivity contribution in [2.75, 3.05) is 21.3 Å². The van der Waals surface area contributed by atoms with Gasteiger partial charge in [0.25, 0.3) is 0 Å². The molecule has 6 rings (SSSR count). The first-order valence-corrected chi connectivity index (χ1v) is 20.1. The Labute approximate surface area is 296 Å². The molecule has 256 valence electrons. The summed E-state index contributed by atoms with van der Waals surface area (Å²) in [6, 6.07) is 53.9. The molecule has 6 aromatic rings. The van der Waals surface area contributed by atoms with Gasteiger partial charge < -0.3 is 0 Å². The Bertz CT molecular complexity index is 1950. The molecule has 0 amide bonds. The van der Waals surface area contributed by atoms with Crippen molar-refractivity contribution in [3.63, 3.8) is 0 Å². The van der Waals surface area contributed by atoms with E-state index >= 15 is 0 Å². The van der Waals surface area contributed by atoms with Crippen LogP contribution in [0, 0.1) is 0 Å². The second kappa shape index (κ2) is 17.5. The van der Waals surface area contributed by atoms with Crippen LogP contribution in [0.4, 0.5) is 0 Å². The van der Waals surface area contributed by atoms with E-state index in [0.717, 1.165) is 33.4 Å². The van der Waals surface area contributed by atoms with Crippen LogP contribution in [0.2, 0.25) is 0 Å². The Morgan fingerprint density at radius 3 is 1.30 bits per heavy atom. The van der Waals surface area contributed by atoms with Crippen LogP contribution in [0.5, 0.6) is 17.2 Å². The molecule has 0 spiro atoms. The van der Waals surface area contributed by atoms with Crippen molar-refractivity contribution in [3.05, 3.63) is 164 Å². The number of benzene rings is 6. The fourth-order valence-electron chi connectivity index (χ4n) is 5.04. The summed E-state index contributed by atoms with van der Waals surface area (Å²) in [6.07, 6.45) is 0. The molecule has 0 heterocycles. The standard InChI is InChI=1S/C39H39N2O6P3/c1-42-48(45-37-25-19-34(20-26-37)31-13-7-4-8-14-31)40-50(44-3,47-39-29-23-36(24-30-39)33-17-11-6-12-18-33)41-49(43-2)46-38-27-21-35(22-28-38)32-15-9-5-10-16-32/h4-30,40,49-50H,1-3H3. The van der Waals surface area contributed by atoms with Crippen molar-refractivity contribution in [1.82, 2.24) is 4.86 Å². The van der Waals surface area contributed by atoms with Crippen molar-refractivity contribution >= 4 is 24.7 Å². The van der Waals surface area contributed by atoms with E-state index in [0.29, 0.717) is 17.2 Å². The molecular formula is C39H39N2O6P3. The second-order valence-corrected chi connectivity index (χ2v) is 16.7. The summed E-state index contributed by atoms with van der Waals surface area (Å²) in [5.74, 6) is 1.78. The summed E-state index contributed by atoms with van der Waals surface area (Å²) in [6.45, 7) is 0. The monoisotopic (exact) mass is 724 g/mol. The molecule has 1 N–H and O–H groups in total. The number of hydrogen-bond acceptors (Lipinski definition) is 8. The maximum atomic E-state index is 6.60. The molecule has 0 fully saturated rings. The van der Waals surface area contributed by atoms with E-state index in [1.54, 1.807) is 21.3 Å². The topological polar surface area (TPSA) is 79.8 Å². The quantitative estimate of drug-likeness (QED) is 0.106. The molecule has 0 radical (unpaired) electrons. The van der Waals surface area contributed by atoms with Crippen LogP contribution in [0.3, 0.4) is 0 Å². The summed E-state index contributed by atoms with van der Waals surface area (Å²) in [7, 11) is -3.22. The second-order valence-electron chi connectivity index (χ2n) is 10.9. The summed E-state index contributed by atoms with van der Waals surface area (Å²) in [5, 5.41) is 0. The van der Waals surface area contributed by atoms with E-state index in [4.69, 9.17) is 31.7 Å². The fraction of sp³-hybridized carbons (Fsp3) is 0.0769. The van der Waals surface area contributed by atoms with Gasteiger partial charge in [-0.15, -0.1) is 0 Å². The Hall–Kier alpha value is -4.35. The molecule has 0 aliphatic heterocycles. The number of nitrogens with zero attached hydrogens (tertiary/aromatic N) is 1. The normalized spacial score (nSPS) is 12.9. The van der Waals surface area contributed by atoms with Crippen molar-refractivity contribution in [3.8, 4) is 50.6 Å². The zero-order valence-electron chi connectivity index (χ0n) is 27.9. The van der Waals surface area contributed by atoms with Crippen LogP contribution < -0.4 is 18.4 Å². The molecule has 0 aromatic heterocycles. The summed E-state index contributed by atoms with van der Waals surface area (Å²) in [4.78, 5) is 3.35. The van der Waals surface area contributed by atoms with Crippen LogP contribution in [0.1, 0.15) is 0 Å². The Kier molecular flexibility index (Phi) is 12.4. The van der Waals surface area contributed by atoms with Gasteiger partial charge in [-0.2, -0.15) is 0 Å². The molecule has 8 nitrogen and oxygen atoms in total. The first kappa shape index (κ1) is 35.5. The third kappa shape index (κ3) is 9.45. The zero-order chi connectivity index (χ0) is 34.6. The van der Waals surface area contributed by atoms with E-state index in [2.05, 4.69) is 41.3 Å². The molecule has 0 aliphatic rings.